The first kappa shape index (κ1) is 32.1. The number of benzene rings is 1. The first-order valence-electron chi connectivity index (χ1n) is 14.9. The summed E-state index contributed by atoms with van der Waals surface area (Å²) >= 11 is 0. The van der Waals surface area contributed by atoms with E-state index in [9.17, 15) is 0 Å². The molecule has 0 aliphatic carbocycles. The standard InChI is InChI=1S/C35H55N5/c1-30(2,3)25-26(31(4,5)6)37-24-21-22(17-18-23(24)36-25)34(13,14)19-20-35(15,16)29-39-27(32(7,8)9)38-28(40-29)33(10,11)12/h17-18,21H,19-20H2,1-16H3. The molecular formula is C35H55N5. The fourth-order valence-electron chi connectivity index (χ4n) is 4.75. The van der Waals surface area contributed by atoms with E-state index in [-0.39, 0.29) is 32.5 Å². The van der Waals surface area contributed by atoms with Gasteiger partial charge in [0.15, 0.2) is 0 Å². The topological polar surface area (TPSA) is 64.5 Å². The number of hydrogen-bond acceptors (Lipinski definition) is 5. The van der Waals surface area contributed by atoms with E-state index in [4.69, 9.17) is 24.9 Å². The van der Waals surface area contributed by atoms with E-state index < -0.39 is 0 Å². The van der Waals surface area contributed by atoms with Gasteiger partial charge in [-0.1, -0.05) is 117 Å². The van der Waals surface area contributed by atoms with Crippen LogP contribution in [0.3, 0.4) is 0 Å². The van der Waals surface area contributed by atoms with Crippen molar-refractivity contribution in [2.24, 2.45) is 0 Å². The van der Waals surface area contributed by atoms with Gasteiger partial charge >= 0.3 is 0 Å². The molecule has 1 aromatic carbocycles. The first-order chi connectivity index (χ1) is 17.8. The minimum absolute atomic E-state index is 0.0511. The Bertz CT molecular complexity index is 1340. The first-order valence-corrected chi connectivity index (χ1v) is 14.9. The van der Waals surface area contributed by atoms with Crippen LogP contribution < -0.4 is 0 Å². The highest BCUT2D eigenvalue weighted by atomic mass is 15.1. The second-order valence-corrected chi connectivity index (χ2v) is 17.2. The van der Waals surface area contributed by atoms with Crippen LogP contribution in [0.5, 0.6) is 0 Å². The van der Waals surface area contributed by atoms with E-state index in [1.54, 1.807) is 0 Å². The number of hydrogen-bond donors (Lipinski definition) is 0. The Morgan fingerprint density at radius 3 is 1.25 bits per heavy atom. The molecule has 0 saturated heterocycles. The molecule has 2 heterocycles. The lowest BCUT2D eigenvalue weighted by Crippen LogP contribution is -2.31. The van der Waals surface area contributed by atoms with Crippen molar-refractivity contribution in [1.29, 1.82) is 0 Å². The molecule has 3 aromatic rings. The molecule has 0 fully saturated rings. The molecule has 5 nitrogen and oxygen atoms in total. The molecule has 0 aliphatic rings. The Hall–Kier alpha value is -2.43. The van der Waals surface area contributed by atoms with Crippen LogP contribution in [0.2, 0.25) is 0 Å². The molecule has 5 heteroatoms. The quantitative estimate of drug-likeness (QED) is 0.320. The molecule has 0 atom stereocenters. The zero-order chi connectivity index (χ0) is 30.7. The van der Waals surface area contributed by atoms with Crippen LogP contribution in [0, 0.1) is 0 Å². The third-order valence-electron chi connectivity index (χ3n) is 7.82. The maximum Gasteiger partial charge on any atom is 0.138 e. The number of aromatic nitrogens is 5. The van der Waals surface area contributed by atoms with Gasteiger partial charge in [-0.3, -0.25) is 0 Å². The molecule has 0 radical (unpaired) electrons. The van der Waals surface area contributed by atoms with Crippen LogP contribution in [0.15, 0.2) is 18.2 Å². The smallest absolute Gasteiger partial charge is 0.138 e. The number of nitrogens with zero attached hydrogens (tertiary/aromatic N) is 5. The van der Waals surface area contributed by atoms with Crippen molar-refractivity contribution in [2.45, 2.75) is 156 Å². The van der Waals surface area contributed by atoms with Crippen molar-refractivity contribution < 1.29 is 0 Å². The summed E-state index contributed by atoms with van der Waals surface area (Å²) in [5, 5.41) is 0. The van der Waals surface area contributed by atoms with Gasteiger partial charge in [0.2, 0.25) is 0 Å². The number of rotatable bonds is 5. The van der Waals surface area contributed by atoms with Crippen LogP contribution in [0.1, 0.15) is 158 Å². The summed E-state index contributed by atoms with van der Waals surface area (Å²) in [5.41, 5.74) is 4.72. The van der Waals surface area contributed by atoms with Crippen LogP contribution in [0.4, 0.5) is 0 Å². The molecule has 0 spiro atoms. The normalized spacial score (nSPS) is 14.2. The minimum Gasteiger partial charge on any atom is -0.249 e. The van der Waals surface area contributed by atoms with Crippen LogP contribution in [-0.4, -0.2) is 24.9 Å². The van der Waals surface area contributed by atoms with Crippen molar-refractivity contribution in [1.82, 2.24) is 24.9 Å². The fraction of sp³-hybridized carbons (Fsp3) is 0.686. The Labute approximate surface area is 244 Å². The maximum absolute atomic E-state index is 5.22. The van der Waals surface area contributed by atoms with Crippen molar-refractivity contribution in [3.05, 3.63) is 52.6 Å². The van der Waals surface area contributed by atoms with E-state index >= 15 is 0 Å². The molecule has 0 bridgehead atoms. The van der Waals surface area contributed by atoms with Gasteiger partial charge in [-0.15, -0.1) is 0 Å². The second-order valence-electron chi connectivity index (χ2n) is 17.2. The van der Waals surface area contributed by atoms with Crippen LogP contribution in [0.25, 0.3) is 11.0 Å². The lowest BCUT2D eigenvalue weighted by Gasteiger charge is -2.32. The fourth-order valence-corrected chi connectivity index (χ4v) is 4.75. The summed E-state index contributed by atoms with van der Waals surface area (Å²) in [5.74, 6) is 2.63. The zero-order valence-electron chi connectivity index (χ0n) is 28.4. The highest BCUT2D eigenvalue weighted by molar-refractivity contribution is 5.76. The molecular weight excluding hydrogens is 490 g/mol. The molecule has 220 valence electrons. The second kappa shape index (κ2) is 10.1. The zero-order valence-corrected chi connectivity index (χ0v) is 28.4. The molecule has 0 amide bonds. The molecule has 0 aliphatic heterocycles. The van der Waals surface area contributed by atoms with Gasteiger partial charge in [0.1, 0.15) is 17.5 Å². The van der Waals surface area contributed by atoms with Crippen molar-refractivity contribution in [2.75, 3.05) is 0 Å². The van der Waals surface area contributed by atoms with Gasteiger partial charge in [0, 0.05) is 27.1 Å². The SMILES string of the molecule is CC(C)(C)c1nc(C(C)(C)C)nc(C(C)(C)CCC(C)(C)c2ccc3nc(C(C)(C)C)c(C(C)(C)C)nc3c2)n1. The third-order valence-corrected chi connectivity index (χ3v) is 7.82. The van der Waals surface area contributed by atoms with E-state index in [0.29, 0.717) is 0 Å². The summed E-state index contributed by atoms with van der Waals surface area (Å²) < 4.78 is 0. The van der Waals surface area contributed by atoms with Gasteiger partial charge in [-0.2, -0.15) is 0 Å². The van der Waals surface area contributed by atoms with Gasteiger partial charge in [-0.25, -0.2) is 24.9 Å². The largest absolute Gasteiger partial charge is 0.249 e. The lowest BCUT2D eigenvalue weighted by molar-refractivity contribution is 0.354. The Morgan fingerprint density at radius 2 is 0.825 bits per heavy atom. The van der Waals surface area contributed by atoms with Gasteiger partial charge < -0.3 is 0 Å². The van der Waals surface area contributed by atoms with E-state index in [2.05, 4.69) is 129 Å². The van der Waals surface area contributed by atoms with Gasteiger partial charge in [-0.05, 0) is 36.0 Å². The van der Waals surface area contributed by atoms with E-state index in [1.807, 2.05) is 0 Å². The molecule has 40 heavy (non-hydrogen) atoms. The summed E-state index contributed by atoms with van der Waals surface area (Å²) in [6.45, 7) is 35.6. The van der Waals surface area contributed by atoms with Crippen LogP contribution >= 0.6 is 0 Å². The number of fused-ring (bicyclic) bond motifs is 1. The van der Waals surface area contributed by atoms with Gasteiger partial charge in [0.05, 0.1) is 22.4 Å². The Balaban J connectivity index is 1.98. The molecule has 3 rings (SSSR count). The highest BCUT2D eigenvalue weighted by Gasteiger charge is 2.34. The molecule has 2 aromatic heterocycles. The van der Waals surface area contributed by atoms with Crippen molar-refractivity contribution in [3.63, 3.8) is 0 Å². The van der Waals surface area contributed by atoms with Gasteiger partial charge in [0.25, 0.3) is 0 Å². The Kier molecular flexibility index (Phi) is 8.13. The van der Waals surface area contributed by atoms with E-state index in [0.717, 1.165) is 52.7 Å². The molecule has 0 saturated carbocycles. The average molecular weight is 546 g/mol. The molecule has 0 N–H and O–H groups in total. The van der Waals surface area contributed by atoms with Crippen LogP contribution in [-0.2, 0) is 32.5 Å². The monoisotopic (exact) mass is 545 g/mol. The van der Waals surface area contributed by atoms with Crippen molar-refractivity contribution in [3.8, 4) is 0 Å². The minimum atomic E-state index is -0.197. The van der Waals surface area contributed by atoms with Crippen molar-refractivity contribution >= 4 is 11.0 Å². The summed E-state index contributed by atoms with van der Waals surface area (Å²) in [6, 6.07) is 6.66. The third kappa shape index (κ3) is 7.06. The predicted molar refractivity (Wildman–Crippen MR) is 169 cm³/mol. The predicted octanol–water partition coefficient (Wildman–Crippen LogP) is 9.04. The lowest BCUT2D eigenvalue weighted by atomic mass is 9.74. The average Bonchev–Trinajstić information content (AvgIpc) is 2.79. The summed E-state index contributed by atoms with van der Waals surface area (Å²) in [7, 11) is 0. The summed E-state index contributed by atoms with van der Waals surface area (Å²) in [6.07, 6.45) is 1.95. The molecule has 0 unspecified atom stereocenters. The summed E-state index contributed by atoms with van der Waals surface area (Å²) in [4.78, 5) is 25.3. The Morgan fingerprint density at radius 1 is 0.425 bits per heavy atom. The maximum atomic E-state index is 5.22. The van der Waals surface area contributed by atoms with E-state index in [1.165, 1.54) is 5.56 Å². The highest BCUT2D eigenvalue weighted by Crippen LogP contribution is 2.38.